The maximum atomic E-state index is 14.2. The van der Waals surface area contributed by atoms with Crippen molar-refractivity contribution in [2.75, 3.05) is 18.1 Å². The van der Waals surface area contributed by atoms with Crippen molar-refractivity contribution in [2.45, 2.75) is 6.92 Å². The van der Waals surface area contributed by atoms with Crippen molar-refractivity contribution in [1.82, 2.24) is 5.32 Å². The predicted octanol–water partition coefficient (Wildman–Crippen LogP) is 2.52. The molecule has 1 aliphatic heterocycles. The number of aliphatic carboxylic acids is 1. The fourth-order valence-corrected chi connectivity index (χ4v) is 3.09. The van der Waals surface area contributed by atoms with E-state index in [4.69, 9.17) is 26.8 Å². The number of benzene rings is 2. The van der Waals surface area contributed by atoms with Crippen LogP contribution in [0.1, 0.15) is 12.5 Å². The second-order valence-electron chi connectivity index (χ2n) is 6.23. The number of carboxylic acids is 1. The van der Waals surface area contributed by atoms with Gasteiger partial charge in [-0.1, -0.05) is 18.2 Å². The zero-order valence-electron chi connectivity index (χ0n) is 16.3. The predicted molar refractivity (Wildman–Crippen MR) is 113 cm³/mol. The summed E-state index contributed by atoms with van der Waals surface area (Å²) in [6.45, 7) is 1.45. The van der Waals surface area contributed by atoms with Crippen LogP contribution in [0.25, 0.3) is 6.08 Å². The highest BCUT2D eigenvalue weighted by Gasteiger charge is 2.35. The first-order valence-corrected chi connectivity index (χ1v) is 9.50. The number of carbonyl (C=O) groups is 3. The Balaban J connectivity index is 1.97. The summed E-state index contributed by atoms with van der Waals surface area (Å²) in [7, 11) is 0. The third-order valence-corrected chi connectivity index (χ3v) is 4.41. The van der Waals surface area contributed by atoms with Gasteiger partial charge in [-0.3, -0.25) is 14.9 Å². The second-order valence-corrected chi connectivity index (χ2v) is 6.62. The monoisotopic (exact) mass is 444 g/mol. The number of thiocarbonyl (C=S) groups is 1. The van der Waals surface area contributed by atoms with Crippen LogP contribution in [0.3, 0.4) is 0 Å². The molecular weight excluding hydrogens is 427 g/mol. The van der Waals surface area contributed by atoms with Crippen LogP contribution in [0.4, 0.5) is 10.1 Å². The van der Waals surface area contributed by atoms with Gasteiger partial charge in [-0.2, -0.15) is 0 Å². The Morgan fingerprint density at radius 3 is 2.61 bits per heavy atom. The molecule has 0 saturated carbocycles. The van der Waals surface area contributed by atoms with Crippen LogP contribution >= 0.6 is 12.2 Å². The number of carbonyl (C=O) groups excluding carboxylic acids is 2. The molecule has 0 aromatic heterocycles. The van der Waals surface area contributed by atoms with E-state index in [0.717, 1.165) is 4.90 Å². The minimum absolute atomic E-state index is 0.0872. The Hall–Kier alpha value is -3.79. The third kappa shape index (κ3) is 4.86. The van der Waals surface area contributed by atoms with Gasteiger partial charge in [0.15, 0.2) is 23.2 Å². The van der Waals surface area contributed by atoms with Crippen LogP contribution in [0.2, 0.25) is 0 Å². The highest BCUT2D eigenvalue weighted by Crippen LogP contribution is 2.30. The Kier molecular flexibility index (Phi) is 6.61. The molecule has 0 unspecified atom stereocenters. The number of amides is 2. The Bertz CT molecular complexity index is 1100. The van der Waals surface area contributed by atoms with Gasteiger partial charge >= 0.3 is 5.97 Å². The largest absolute Gasteiger partial charge is 0.490 e. The molecule has 2 aromatic rings. The molecule has 1 aliphatic rings. The average Bonchev–Trinajstić information content (AvgIpc) is 2.72. The summed E-state index contributed by atoms with van der Waals surface area (Å²) in [4.78, 5) is 37.0. The summed E-state index contributed by atoms with van der Waals surface area (Å²) < 4.78 is 24.9. The lowest BCUT2D eigenvalue weighted by Gasteiger charge is -2.29. The lowest BCUT2D eigenvalue weighted by Crippen LogP contribution is -2.54. The minimum Gasteiger partial charge on any atom is -0.490 e. The molecule has 2 aromatic carbocycles. The van der Waals surface area contributed by atoms with E-state index in [-0.39, 0.29) is 34.5 Å². The highest BCUT2D eigenvalue weighted by molar-refractivity contribution is 7.80. The number of nitrogens with one attached hydrogen (secondary N) is 1. The van der Waals surface area contributed by atoms with Crippen molar-refractivity contribution in [3.05, 3.63) is 59.4 Å². The van der Waals surface area contributed by atoms with Gasteiger partial charge in [0, 0.05) is 0 Å². The van der Waals surface area contributed by atoms with E-state index in [1.165, 1.54) is 42.5 Å². The first-order chi connectivity index (χ1) is 14.8. The number of nitrogens with zero attached hydrogens (tertiary/aromatic N) is 1. The molecule has 2 N–H and O–H groups in total. The van der Waals surface area contributed by atoms with Gasteiger partial charge in [0.25, 0.3) is 11.8 Å². The summed E-state index contributed by atoms with van der Waals surface area (Å²) >= 11 is 5.06. The zero-order valence-corrected chi connectivity index (χ0v) is 17.1. The minimum atomic E-state index is -1.15. The fraction of sp³-hybridized carbons (Fsp3) is 0.143. The summed E-state index contributed by atoms with van der Waals surface area (Å²) in [5, 5.41) is 10.9. The fourth-order valence-electron chi connectivity index (χ4n) is 2.82. The van der Waals surface area contributed by atoms with E-state index in [2.05, 4.69) is 5.32 Å². The van der Waals surface area contributed by atoms with Gasteiger partial charge in [0.05, 0.1) is 12.3 Å². The lowest BCUT2D eigenvalue weighted by atomic mass is 10.1. The normalized spacial score (nSPS) is 15.1. The average molecular weight is 444 g/mol. The standard InChI is InChI=1S/C21H17FN2O6S/c1-2-29-17-10-12(7-8-16(17)30-11-18(25)26)9-13-19(27)23-21(31)24(20(13)28)15-6-4-3-5-14(15)22/h3-10H,2,11H2,1H3,(H,25,26)(H,23,27,31)/b13-9+. The van der Waals surface area contributed by atoms with Crippen LogP contribution < -0.4 is 19.7 Å². The maximum absolute atomic E-state index is 14.2. The molecular formula is C21H17FN2O6S. The van der Waals surface area contributed by atoms with Gasteiger partial charge in [0.1, 0.15) is 11.4 Å². The summed E-state index contributed by atoms with van der Waals surface area (Å²) in [5.74, 6) is -2.91. The molecule has 10 heteroatoms. The molecule has 0 bridgehead atoms. The Morgan fingerprint density at radius 2 is 1.94 bits per heavy atom. The summed E-state index contributed by atoms with van der Waals surface area (Å²) in [5.41, 5.74) is 0.0558. The second kappa shape index (κ2) is 9.35. The summed E-state index contributed by atoms with van der Waals surface area (Å²) in [6.07, 6.45) is 1.30. The Labute approximate surface area is 181 Å². The van der Waals surface area contributed by atoms with Crippen molar-refractivity contribution in [3.63, 3.8) is 0 Å². The summed E-state index contributed by atoms with van der Waals surface area (Å²) in [6, 6.07) is 10.0. The van der Waals surface area contributed by atoms with Crippen molar-refractivity contribution < 1.29 is 33.4 Å². The van der Waals surface area contributed by atoms with Crippen LogP contribution in [-0.2, 0) is 14.4 Å². The van der Waals surface area contributed by atoms with Crippen molar-refractivity contribution in [1.29, 1.82) is 0 Å². The van der Waals surface area contributed by atoms with Gasteiger partial charge in [-0.15, -0.1) is 0 Å². The van der Waals surface area contributed by atoms with Gasteiger partial charge in [-0.05, 0) is 55.0 Å². The zero-order chi connectivity index (χ0) is 22.5. The van der Waals surface area contributed by atoms with Gasteiger partial charge in [0.2, 0.25) is 0 Å². The molecule has 31 heavy (non-hydrogen) atoms. The number of hydrogen-bond donors (Lipinski definition) is 2. The molecule has 1 heterocycles. The number of rotatable bonds is 7. The van der Waals surface area contributed by atoms with Crippen LogP contribution in [0.5, 0.6) is 11.5 Å². The maximum Gasteiger partial charge on any atom is 0.341 e. The van der Waals surface area contributed by atoms with E-state index in [0.29, 0.717) is 5.56 Å². The smallest absolute Gasteiger partial charge is 0.341 e. The first-order valence-electron chi connectivity index (χ1n) is 9.09. The Morgan fingerprint density at radius 1 is 1.19 bits per heavy atom. The quantitative estimate of drug-likeness (QED) is 0.384. The van der Waals surface area contributed by atoms with E-state index in [1.54, 1.807) is 13.0 Å². The lowest BCUT2D eigenvalue weighted by molar-refractivity contribution is -0.139. The molecule has 3 rings (SSSR count). The van der Waals surface area contributed by atoms with Crippen LogP contribution in [0.15, 0.2) is 48.0 Å². The molecule has 0 aliphatic carbocycles. The van der Waals surface area contributed by atoms with Crippen molar-refractivity contribution >= 4 is 46.9 Å². The number of carboxylic acid groups (broad SMARTS) is 1. The topological polar surface area (TPSA) is 105 Å². The SMILES string of the molecule is CCOc1cc(/C=C2\C(=O)NC(=S)N(c3ccccc3F)C2=O)ccc1OCC(=O)O. The molecule has 0 atom stereocenters. The molecule has 160 valence electrons. The number of ether oxygens (including phenoxy) is 2. The van der Waals surface area contributed by atoms with Crippen LogP contribution in [-0.4, -0.2) is 41.2 Å². The molecule has 1 saturated heterocycles. The molecule has 0 spiro atoms. The molecule has 1 fully saturated rings. The van der Waals surface area contributed by atoms with Crippen LogP contribution in [0, 0.1) is 5.82 Å². The van der Waals surface area contributed by atoms with Gasteiger partial charge in [-0.25, -0.2) is 14.1 Å². The van der Waals surface area contributed by atoms with Crippen molar-refractivity contribution in [2.24, 2.45) is 0 Å². The number of hydrogen-bond acceptors (Lipinski definition) is 6. The number of halogens is 1. The van der Waals surface area contributed by atoms with E-state index >= 15 is 0 Å². The van der Waals surface area contributed by atoms with E-state index < -0.39 is 30.2 Å². The highest BCUT2D eigenvalue weighted by atomic mass is 32.1. The molecule has 8 nitrogen and oxygen atoms in total. The van der Waals surface area contributed by atoms with E-state index in [1.807, 2.05) is 0 Å². The van der Waals surface area contributed by atoms with Crippen molar-refractivity contribution in [3.8, 4) is 11.5 Å². The number of para-hydroxylation sites is 1. The third-order valence-electron chi connectivity index (χ3n) is 4.12. The first kappa shape index (κ1) is 21.9. The molecule has 2 amide bonds. The van der Waals surface area contributed by atoms with E-state index in [9.17, 15) is 18.8 Å². The molecule has 0 radical (unpaired) electrons. The number of anilines is 1. The van der Waals surface area contributed by atoms with Gasteiger partial charge < -0.3 is 14.6 Å².